The van der Waals surface area contributed by atoms with Crippen molar-refractivity contribution in [3.8, 4) is 17.3 Å². The van der Waals surface area contributed by atoms with Gasteiger partial charge in [0.15, 0.2) is 0 Å². The van der Waals surface area contributed by atoms with Crippen molar-refractivity contribution in [3.05, 3.63) is 66.0 Å². The predicted octanol–water partition coefficient (Wildman–Crippen LogP) is 3.91. The minimum Gasteiger partial charge on any atom is -0.248 e. The number of halogens is 1. The minimum atomic E-state index is -0.278. The molecular formula is C16H9FN2. The quantitative estimate of drug-likeness (QED) is 0.654. The number of hydrogen-bond acceptors (Lipinski definition) is 2. The highest BCUT2D eigenvalue weighted by atomic mass is 19.1. The fourth-order valence-electron chi connectivity index (χ4n) is 2.00. The minimum absolute atomic E-state index is 0.278. The van der Waals surface area contributed by atoms with E-state index in [0.29, 0.717) is 5.56 Å². The summed E-state index contributed by atoms with van der Waals surface area (Å²) in [5.74, 6) is -0.278. The van der Waals surface area contributed by atoms with Crippen LogP contribution in [-0.2, 0) is 0 Å². The van der Waals surface area contributed by atoms with Gasteiger partial charge in [0.1, 0.15) is 5.82 Å². The maximum Gasteiger partial charge on any atom is 0.123 e. The molecule has 3 rings (SSSR count). The molecule has 0 aliphatic carbocycles. The van der Waals surface area contributed by atoms with Crippen molar-refractivity contribution in [1.82, 2.24) is 4.98 Å². The monoisotopic (exact) mass is 248 g/mol. The molecule has 0 saturated carbocycles. The summed E-state index contributed by atoms with van der Waals surface area (Å²) in [6.07, 6.45) is 0. The molecule has 19 heavy (non-hydrogen) atoms. The van der Waals surface area contributed by atoms with Gasteiger partial charge < -0.3 is 0 Å². The van der Waals surface area contributed by atoms with E-state index in [1.165, 1.54) is 12.1 Å². The van der Waals surface area contributed by atoms with E-state index in [9.17, 15) is 4.39 Å². The van der Waals surface area contributed by atoms with Crippen molar-refractivity contribution in [3.63, 3.8) is 0 Å². The van der Waals surface area contributed by atoms with E-state index in [-0.39, 0.29) is 5.82 Å². The van der Waals surface area contributed by atoms with Gasteiger partial charge in [0.25, 0.3) is 0 Å². The third-order valence-electron chi connectivity index (χ3n) is 2.94. The lowest BCUT2D eigenvalue weighted by atomic mass is 10.1. The van der Waals surface area contributed by atoms with Crippen molar-refractivity contribution < 1.29 is 4.39 Å². The van der Waals surface area contributed by atoms with Crippen LogP contribution in [0, 0.1) is 17.1 Å². The molecule has 0 atom stereocenters. The Labute approximate surface area is 109 Å². The summed E-state index contributed by atoms with van der Waals surface area (Å²) in [7, 11) is 0. The van der Waals surface area contributed by atoms with Crippen LogP contribution >= 0.6 is 0 Å². The molecule has 0 aliphatic heterocycles. The molecule has 3 aromatic rings. The Kier molecular flexibility index (Phi) is 2.70. The van der Waals surface area contributed by atoms with Gasteiger partial charge in [-0.05, 0) is 36.4 Å². The van der Waals surface area contributed by atoms with Crippen LogP contribution < -0.4 is 0 Å². The van der Waals surface area contributed by atoms with Gasteiger partial charge in [-0.25, -0.2) is 9.37 Å². The van der Waals surface area contributed by atoms with Crippen molar-refractivity contribution in [2.75, 3.05) is 0 Å². The average Bonchev–Trinajstić information content (AvgIpc) is 2.46. The van der Waals surface area contributed by atoms with Crippen molar-refractivity contribution in [2.24, 2.45) is 0 Å². The average molecular weight is 248 g/mol. The zero-order chi connectivity index (χ0) is 13.2. The second kappa shape index (κ2) is 4.51. The number of hydrogen-bond donors (Lipinski definition) is 0. The largest absolute Gasteiger partial charge is 0.248 e. The summed E-state index contributed by atoms with van der Waals surface area (Å²) in [6, 6.07) is 17.5. The van der Waals surface area contributed by atoms with Crippen LogP contribution in [0.15, 0.2) is 54.6 Å². The van der Waals surface area contributed by atoms with E-state index in [2.05, 4.69) is 11.1 Å². The normalized spacial score (nSPS) is 10.3. The zero-order valence-corrected chi connectivity index (χ0v) is 9.97. The topological polar surface area (TPSA) is 36.7 Å². The van der Waals surface area contributed by atoms with Gasteiger partial charge in [-0.15, -0.1) is 0 Å². The lowest BCUT2D eigenvalue weighted by molar-refractivity contribution is 0.628. The van der Waals surface area contributed by atoms with E-state index in [1.807, 2.05) is 18.2 Å². The van der Waals surface area contributed by atoms with E-state index >= 15 is 0 Å². The number of fused-ring (bicyclic) bond motifs is 1. The number of benzene rings is 2. The predicted molar refractivity (Wildman–Crippen MR) is 71.9 cm³/mol. The van der Waals surface area contributed by atoms with Gasteiger partial charge in [0.05, 0.1) is 22.8 Å². The highest BCUT2D eigenvalue weighted by Crippen LogP contribution is 2.22. The molecular weight excluding hydrogens is 239 g/mol. The van der Waals surface area contributed by atoms with Crippen LogP contribution in [-0.4, -0.2) is 4.98 Å². The van der Waals surface area contributed by atoms with Crippen LogP contribution in [0.1, 0.15) is 5.56 Å². The second-order valence-corrected chi connectivity index (χ2v) is 4.23. The molecule has 90 valence electrons. The summed E-state index contributed by atoms with van der Waals surface area (Å²) >= 11 is 0. The van der Waals surface area contributed by atoms with Crippen LogP contribution in [0.4, 0.5) is 4.39 Å². The van der Waals surface area contributed by atoms with Crippen LogP contribution in [0.2, 0.25) is 0 Å². The Balaban J connectivity index is 2.15. The number of aromatic nitrogens is 1. The molecule has 2 aromatic carbocycles. The van der Waals surface area contributed by atoms with Gasteiger partial charge in [-0.1, -0.05) is 18.2 Å². The van der Waals surface area contributed by atoms with Gasteiger partial charge in [0, 0.05) is 10.9 Å². The number of pyridine rings is 1. The second-order valence-electron chi connectivity index (χ2n) is 4.23. The van der Waals surface area contributed by atoms with E-state index in [4.69, 9.17) is 5.26 Å². The molecule has 0 radical (unpaired) electrons. The molecule has 0 fully saturated rings. The SMILES string of the molecule is N#Cc1ccc2nc(-c3cccc(F)c3)ccc2c1. The Bertz CT molecular complexity index is 803. The number of nitriles is 1. The van der Waals surface area contributed by atoms with Gasteiger partial charge in [0.2, 0.25) is 0 Å². The lowest BCUT2D eigenvalue weighted by Crippen LogP contribution is -1.87. The Morgan fingerprint density at radius 3 is 2.68 bits per heavy atom. The van der Waals surface area contributed by atoms with Crippen molar-refractivity contribution >= 4 is 10.9 Å². The fraction of sp³-hybridized carbons (Fsp3) is 0. The third-order valence-corrected chi connectivity index (χ3v) is 2.94. The molecule has 0 amide bonds. The first-order chi connectivity index (χ1) is 9.26. The summed E-state index contributed by atoms with van der Waals surface area (Å²) in [4.78, 5) is 4.49. The number of rotatable bonds is 1. The first-order valence-electron chi connectivity index (χ1n) is 5.83. The van der Waals surface area contributed by atoms with Gasteiger partial charge in [-0.3, -0.25) is 0 Å². The van der Waals surface area contributed by atoms with Crippen LogP contribution in [0.25, 0.3) is 22.2 Å². The smallest absolute Gasteiger partial charge is 0.123 e. The Hall–Kier alpha value is -2.73. The molecule has 0 bridgehead atoms. The molecule has 0 aliphatic rings. The molecule has 1 heterocycles. The maximum atomic E-state index is 13.2. The summed E-state index contributed by atoms with van der Waals surface area (Å²) < 4.78 is 13.2. The van der Waals surface area contributed by atoms with Crippen molar-refractivity contribution in [2.45, 2.75) is 0 Å². The fourth-order valence-corrected chi connectivity index (χ4v) is 2.00. The standard InChI is InChI=1S/C16H9FN2/c17-14-3-1-2-12(9-14)16-7-5-13-8-11(10-18)4-6-15(13)19-16/h1-9H. The van der Waals surface area contributed by atoms with Gasteiger partial charge in [-0.2, -0.15) is 5.26 Å². The Morgan fingerprint density at radius 1 is 1.00 bits per heavy atom. The zero-order valence-electron chi connectivity index (χ0n) is 9.97. The summed E-state index contributed by atoms with van der Waals surface area (Å²) in [5.41, 5.74) is 2.86. The molecule has 0 unspecified atom stereocenters. The first kappa shape index (κ1) is 11.4. The van der Waals surface area contributed by atoms with E-state index in [0.717, 1.165) is 22.2 Å². The molecule has 1 aromatic heterocycles. The lowest BCUT2D eigenvalue weighted by Gasteiger charge is -2.03. The molecule has 3 heteroatoms. The third kappa shape index (κ3) is 2.16. The Morgan fingerprint density at radius 2 is 1.89 bits per heavy atom. The first-order valence-corrected chi connectivity index (χ1v) is 5.83. The van der Waals surface area contributed by atoms with E-state index in [1.54, 1.807) is 24.3 Å². The summed E-state index contributed by atoms with van der Waals surface area (Å²) in [5, 5.41) is 9.75. The highest BCUT2D eigenvalue weighted by Gasteiger charge is 2.03. The van der Waals surface area contributed by atoms with Gasteiger partial charge >= 0.3 is 0 Å². The highest BCUT2D eigenvalue weighted by molar-refractivity contribution is 5.82. The van der Waals surface area contributed by atoms with E-state index < -0.39 is 0 Å². The van der Waals surface area contributed by atoms with Crippen LogP contribution in [0.3, 0.4) is 0 Å². The maximum absolute atomic E-state index is 13.2. The molecule has 0 spiro atoms. The van der Waals surface area contributed by atoms with Crippen molar-refractivity contribution in [1.29, 1.82) is 5.26 Å². The molecule has 0 N–H and O–H groups in total. The molecule has 2 nitrogen and oxygen atoms in total. The molecule has 0 saturated heterocycles. The van der Waals surface area contributed by atoms with Crippen LogP contribution in [0.5, 0.6) is 0 Å². The summed E-state index contributed by atoms with van der Waals surface area (Å²) in [6.45, 7) is 0. The number of nitrogens with zero attached hydrogens (tertiary/aromatic N) is 2.